The van der Waals surface area contributed by atoms with Crippen molar-refractivity contribution in [2.75, 3.05) is 12.4 Å². The van der Waals surface area contributed by atoms with E-state index in [0.717, 1.165) is 0 Å². The van der Waals surface area contributed by atoms with Crippen LogP contribution in [0.5, 0.6) is 0 Å². The number of hydrogen-bond acceptors (Lipinski definition) is 6. The van der Waals surface area contributed by atoms with Crippen LogP contribution in [0.2, 0.25) is 0 Å². The summed E-state index contributed by atoms with van der Waals surface area (Å²) in [5.74, 6) is -0.237. The van der Waals surface area contributed by atoms with Crippen LogP contribution in [0.3, 0.4) is 0 Å². The smallest absolute Gasteiger partial charge is 0.214 e. The molecule has 2 aromatic carbocycles. The van der Waals surface area contributed by atoms with E-state index in [1.807, 2.05) is 0 Å². The van der Waals surface area contributed by atoms with Crippen LogP contribution in [0.1, 0.15) is 6.92 Å². The third kappa shape index (κ3) is 6.75. The molecule has 0 aliphatic carbocycles. The van der Waals surface area contributed by atoms with Crippen LogP contribution in [-0.4, -0.2) is 44.9 Å². The van der Waals surface area contributed by atoms with Crippen molar-refractivity contribution in [2.24, 2.45) is 0 Å². The van der Waals surface area contributed by atoms with E-state index in [1.165, 1.54) is 38.2 Å². The Balaban J connectivity index is 0.000000273. The number of sulfonamides is 1. The maximum absolute atomic E-state index is 11.2. The van der Waals surface area contributed by atoms with Gasteiger partial charge in [0.2, 0.25) is 10.0 Å². The molecule has 0 radical (unpaired) electrons. The van der Waals surface area contributed by atoms with Crippen molar-refractivity contribution in [3.8, 4) is 0 Å². The molecule has 0 spiro atoms. The van der Waals surface area contributed by atoms with Crippen molar-refractivity contribution >= 4 is 40.1 Å². The van der Waals surface area contributed by atoms with Gasteiger partial charge in [0, 0.05) is 0 Å². The Morgan fingerprint density at radius 3 is 2.04 bits per heavy atom. The molecule has 0 fully saturated rings. The number of carbonyl (C=O) groups excluding carboxylic acids is 1. The number of amides is 1. The molecule has 2 aromatic rings. The Kier molecular flexibility index (Phi) is 8.22. The van der Waals surface area contributed by atoms with Gasteiger partial charge in [-0.2, -0.15) is 0 Å². The minimum Gasteiger partial charge on any atom is -0.214 e. The summed E-state index contributed by atoms with van der Waals surface area (Å²) in [6.45, 7) is 1.35. The molecular weight excluding hydrogens is 427 g/mol. The Bertz CT molecular complexity index is 871. The first-order valence-corrected chi connectivity index (χ1v) is 11.9. The SMILES string of the molecule is CC(=O)Nc1ccc([As](=O)(O)OO)cc1.CNS(=O)(=O)c1ccccc1. The molecule has 0 saturated carbocycles. The quantitative estimate of drug-likeness (QED) is 0.294. The summed E-state index contributed by atoms with van der Waals surface area (Å²) < 4.78 is 48.2. The van der Waals surface area contributed by atoms with Crippen molar-refractivity contribution < 1.29 is 30.2 Å². The van der Waals surface area contributed by atoms with Crippen LogP contribution >= 0.6 is 0 Å². The maximum Gasteiger partial charge on any atom is 0.240 e. The van der Waals surface area contributed by atoms with E-state index >= 15 is 0 Å². The van der Waals surface area contributed by atoms with Gasteiger partial charge in [-0.15, -0.1) is 0 Å². The van der Waals surface area contributed by atoms with Crippen LogP contribution in [0.15, 0.2) is 59.5 Å². The molecule has 26 heavy (non-hydrogen) atoms. The molecule has 0 saturated heterocycles. The Labute approximate surface area is 154 Å². The number of anilines is 1. The number of nitrogens with one attached hydrogen (secondary N) is 2. The first-order valence-electron chi connectivity index (χ1n) is 7.15. The second kappa shape index (κ2) is 9.67. The normalized spacial score (nSPS) is 13.1. The molecular formula is C15H19AsN2O7S. The molecule has 0 bridgehead atoms. The summed E-state index contributed by atoms with van der Waals surface area (Å²) in [5, 5.41) is 10.7. The van der Waals surface area contributed by atoms with Crippen LogP contribution < -0.4 is 14.4 Å². The first kappa shape index (κ1) is 22.1. The fraction of sp³-hybridized carbons (Fsp3) is 0.133. The van der Waals surface area contributed by atoms with Gasteiger partial charge in [0.1, 0.15) is 0 Å². The Morgan fingerprint density at radius 2 is 1.62 bits per heavy atom. The number of hydrogen-bond donors (Lipinski definition) is 4. The predicted molar refractivity (Wildman–Crippen MR) is 95.4 cm³/mol. The van der Waals surface area contributed by atoms with Crippen LogP contribution in [0.25, 0.3) is 0 Å². The first-order chi connectivity index (χ1) is 12.1. The summed E-state index contributed by atoms with van der Waals surface area (Å²) in [4.78, 5) is 11.0. The largest absolute Gasteiger partial charge is 0.240 e. The molecule has 0 aliphatic rings. The molecule has 2 rings (SSSR count). The van der Waals surface area contributed by atoms with Gasteiger partial charge in [0.05, 0.1) is 4.90 Å². The van der Waals surface area contributed by atoms with Gasteiger partial charge >= 0.3 is 88.4 Å². The topological polar surface area (TPSA) is 142 Å². The number of rotatable bonds is 5. The molecule has 1 unspecified atom stereocenters. The van der Waals surface area contributed by atoms with Gasteiger partial charge in [0.25, 0.3) is 0 Å². The molecule has 9 nitrogen and oxygen atoms in total. The molecule has 1 amide bonds. The second-order valence-electron chi connectivity index (χ2n) is 4.85. The summed E-state index contributed by atoms with van der Waals surface area (Å²) in [6.07, 6.45) is 0. The molecule has 0 aromatic heterocycles. The Hall–Kier alpha value is -1.94. The van der Waals surface area contributed by atoms with E-state index in [4.69, 9.17) is 9.35 Å². The van der Waals surface area contributed by atoms with E-state index in [1.54, 1.807) is 30.3 Å². The molecule has 142 valence electrons. The minimum atomic E-state index is -4.76. The molecule has 1 atom stereocenters. The van der Waals surface area contributed by atoms with Crippen molar-refractivity contribution in [3.05, 3.63) is 54.6 Å². The fourth-order valence-corrected chi connectivity index (χ4v) is 3.75. The monoisotopic (exact) mass is 446 g/mol. The standard InChI is InChI=1S/C8H10AsNO5.C7H9NO2S/c1-6(11)10-8-4-2-7(3-5-8)9(12,13)15-14;1-8-11(9,10)7-5-3-2-4-6-7/h2-5,14H,1H3,(H,10,11)(H,12,13);2-6,8H,1H3. The third-order valence-corrected chi connectivity index (χ3v) is 6.84. The fourth-order valence-electron chi connectivity index (χ4n) is 1.70. The maximum atomic E-state index is 11.2. The summed E-state index contributed by atoms with van der Waals surface area (Å²) in [5.41, 5.74) is 0.500. The minimum absolute atomic E-state index is 0.00438. The van der Waals surface area contributed by atoms with E-state index in [-0.39, 0.29) is 10.3 Å². The van der Waals surface area contributed by atoms with E-state index in [2.05, 4.69) is 13.9 Å². The van der Waals surface area contributed by atoms with Gasteiger partial charge in [-0.1, -0.05) is 18.2 Å². The summed E-state index contributed by atoms with van der Waals surface area (Å²) >= 11 is -4.76. The third-order valence-electron chi connectivity index (χ3n) is 2.95. The average Bonchev–Trinajstić information content (AvgIpc) is 2.63. The van der Waals surface area contributed by atoms with Crippen molar-refractivity contribution in [3.63, 3.8) is 0 Å². The number of carbonyl (C=O) groups is 1. The number of benzene rings is 2. The average molecular weight is 446 g/mol. The molecule has 4 N–H and O–H groups in total. The van der Waals surface area contributed by atoms with Crippen molar-refractivity contribution in [1.29, 1.82) is 0 Å². The molecule has 0 heterocycles. The summed E-state index contributed by atoms with van der Waals surface area (Å²) in [7, 11) is -1.86. The second-order valence-corrected chi connectivity index (χ2v) is 10.3. The van der Waals surface area contributed by atoms with Gasteiger partial charge in [0.15, 0.2) is 0 Å². The van der Waals surface area contributed by atoms with Gasteiger partial charge in [-0.25, -0.2) is 13.1 Å². The Morgan fingerprint density at radius 1 is 1.08 bits per heavy atom. The summed E-state index contributed by atoms with van der Waals surface area (Å²) in [6, 6.07) is 13.7. The zero-order chi connectivity index (χ0) is 19.8. The van der Waals surface area contributed by atoms with Gasteiger partial charge in [-0.05, 0) is 19.2 Å². The van der Waals surface area contributed by atoms with Crippen LogP contribution in [0, 0.1) is 0 Å². The van der Waals surface area contributed by atoms with Gasteiger partial charge < -0.3 is 0 Å². The van der Waals surface area contributed by atoms with Crippen LogP contribution in [-0.2, 0) is 22.4 Å². The van der Waals surface area contributed by atoms with Gasteiger partial charge in [-0.3, -0.25) is 0 Å². The van der Waals surface area contributed by atoms with E-state index in [9.17, 15) is 17.0 Å². The molecule has 0 aliphatic heterocycles. The zero-order valence-electron chi connectivity index (χ0n) is 14.0. The van der Waals surface area contributed by atoms with Crippen molar-refractivity contribution in [1.82, 2.24) is 4.72 Å². The molecule has 11 heteroatoms. The van der Waals surface area contributed by atoms with Crippen LogP contribution in [0.4, 0.5) is 5.69 Å². The zero-order valence-corrected chi connectivity index (χ0v) is 16.7. The predicted octanol–water partition coefficient (Wildman–Crippen LogP) is 0.298. The van der Waals surface area contributed by atoms with E-state index < -0.39 is 24.2 Å². The van der Waals surface area contributed by atoms with Crippen molar-refractivity contribution in [2.45, 2.75) is 11.8 Å². The van der Waals surface area contributed by atoms with E-state index in [0.29, 0.717) is 10.6 Å².